The van der Waals surface area contributed by atoms with Crippen LogP contribution in [0.1, 0.15) is 11.1 Å². The Morgan fingerprint density at radius 3 is 2.41 bits per heavy atom. The first kappa shape index (κ1) is 12.1. The molecule has 0 saturated carbocycles. The Hall–Kier alpha value is -1.35. The van der Waals surface area contributed by atoms with E-state index in [1.807, 2.05) is 26.2 Å². The number of likely N-dealkylation sites (N-methyl/N-ethyl adjacent to an activating group) is 1. The van der Waals surface area contributed by atoms with E-state index in [-0.39, 0.29) is 11.8 Å². The molecule has 0 heterocycles. The molecule has 0 aliphatic heterocycles. The Morgan fingerprint density at radius 2 is 1.88 bits per heavy atom. The van der Waals surface area contributed by atoms with Crippen molar-refractivity contribution < 1.29 is 4.79 Å². The summed E-state index contributed by atoms with van der Waals surface area (Å²) in [6, 6.07) is 8.35. The van der Waals surface area contributed by atoms with E-state index in [1.54, 1.807) is 0 Å². The van der Waals surface area contributed by atoms with Gasteiger partial charge in [-0.1, -0.05) is 24.3 Å². The highest BCUT2D eigenvalue weighted by molar-refractivity contribution is 5.80. The van der Waals surface area contributed by atoms with Gasteiger partial charge >= 0.3 is 0 Å². The summed E-state index contributed by atoms with van der Waals surface area (Å²) in [4.78, 5) is 14.0. The minimum Gasteiger partial charge on any atom is -0.355 e. The Balaban J connectivity index is 1.84. The molecule has 0 saturated heterocycles. The number of hydrogen-bond donors (Lipinski definition) is 1. The summed E-state index contributed by atoms with van der Waals surface area (Å²) in [6.45, 7) is 1.63. The first-order chi connectivity index (χ1) is 8.16. The van der Waals surface area contributed by atoms with E-state index in [1.165, 1.54) is 11.1 Å². The smallest absolute Gasteiger partial charge is 0.223 e. The average Bonchev–Trinajstić information content (AvgIpc) is 2.71. The summed E-state index contributed by atoms with van der Waals surface area (Å²) in [5, 5.41) is 3.01. The van der Waals surface area contributed by atoms with E-state index in [0.717, 1.165) is 25.9 Å². The van der Waals surface area contributed by atoms with Crippen LogP contribution < -0.4 is 5.32 Å². The number of nitrogens with one attached hydrogen (secondary N) is 1. The van der Waals surface area contributed by atoms with Crippen molar-refractivity contribution >= 4 is 5.91 Å². The number of carbonyl (C=O) groups excluding carboxylic acids is 1. The van der Waals surface area contributed by atoms with Gasteiger partial charge in [0, 0.05) is 19.0 Å². The monoisotopic (exact) mass is 232 g/mol. The Labute approximate surface area is 103 Å². The standard InChI is InChI=1S/C14H20N2O/c1-16(2)8-7-15-14(17)13-9-11-5-3-4-6-12(11)10-13/h3-6,13H,7-10H2,1-2H3,(H,15,17). The Bertz CT molecular complexity index is 376. The van der Waals surface area contributed by atoms with Gasteiger partial charge in [-0.15, -0.1) is 0 Å². The lowest BCUT2D eigenvalue weighted by Gasteiger charge is -2.13. The molecule has 0 atom stereocenters. The van der Waals surface area contributed by atoms with Crippen molar-refractivity contribution in [2.45, 2.75) is 12.8 Å². The van der Waals surface area contributed by atoms with Crippen molar-refractivity contribution in [3.8, 4) is 0 Å². The van der Waals surface area contributed by atoms with E-state index in [9.17, 15) is 4.79 Å². The molecule has 1 amide bonds. The molecule has 92 valence electrons. The molecule has 3 heteroatoms. The summed E-state index contributed by atoms with van der Waals surface area (Å²) in [5.74, 6) is 0.331. The fourth-order valence-corrected chi connectivity index (χ4v) is 2.29. The summed E-state index contributed by atoms with van der Waals surface area (Å²) in [7, 11) is 4.02. The molecule has 1 aromatic carbocycles. The van der Waals surface area contributed by atoms with Gasteiger partial charge in [0.1, 0.15) is 0 Å². The first-order valence-corrected chi connectivity index (χ1v) is 6.16. The van der Waals surface area contributed by atoms with Crippen molar-refractivity contribution in [2.24, 2.45) is 5.92 Å². The minimum absolute atomic E-state index is 0.134. The lowest BCUT2D eigenvalue weighted by Crippen LogP contribution is -2.35. The summed E-state index contributed by atoms with van der Waals surface area (Å²) in [5.41, 5.74) is 2.67. The number of rotatable bonds is 4. The highest BCUT2D eigenvalue weighted by atomic mass is 16.1. The number of carbonyl (C=O) groups is 1. The van der Waals surface area contributed by atoms with Crippen LogP contribution in [-0.2, 0) is 17.6 Å². The number of fused-ring (bicyclic) bond motifs is 1. The van der Waals surface area contributed by atoms with E-state index in [4.69, 9.17) is 0 Å². The molecule has 1 aromatic rings. The van der Waals surface area contributed by atoms with Gasteiger partial charge in [0.15, 0.2) is 0 Å². The number of amides is 1. The van der Waals surface area contributed by atoms with Gasteiger partial charge in [-0.25, -0.2) is 0 Å². The maximum Gasteiger partial charge on any atom is 0.223 e. The third-order valence-corrected chi connectivity index (χ3v) is 3.28. The lowest BCUT2D eigenvalue weighted by molar-refractivity contribution is -0.124. The number of nitrogens with zero attached hydrogens (tertiary/aromatic N) is 1. The quantitative estimate of drug-likeness (QED) is 0.842. The molecule has 1 N–H and O–H groups in total. The van der Waals surface area contributed by atoms with E-state index in [0.29, 0.717) is 0 Å². The third kappa shape index (κ3) is 3.07. The summed E-state index contributed by atoms with van der Waals surface area (Å²) >= 11 is 0. The van der Waals surface area contributed by atoms with Crippen LogP contribution >= 0.6 is 0 Å². The second-order valence-corrected chi connectivity index (χ2v) is 4.97. The highest BCUT2D eigenvalue weighted by Crippen LogP contribution is 2.26. The maximum absolute atomic E-state index is 12.0. The molecule has 0 bridgehead atoms. The summed E-state index contributed by atoms with van der Waals surface area (Å²) in [6.07, 6.45) is 1.79. The zero-order chi connectivity index (χ0) is 12.3. The zero-order valence-electron chi connectivity index (χ0n) is 10.6. The molecule has 0 aromatic heterocycles. The molecule has 17 heavy (non-hydrogen) atoms. The van der Waals surface area contributed by atoms with Crippen molar-refractivity contribution in [3.63, 3.8) is 0 Å². The van der Waals surface area contributed by atoms with Crippen molar-refractivity contribution in [2.75, 3.05) is 27.2 Å². The van der Waals surface area contributed by atoms with Crippen LogP contribution in [-0.4, -0.2) is 38.0 Å². The van der Waals surface area contributed by atoms with Gasteiger partial charge in [0.05, 0.1) is 0 Å². The van der Waals surface area contributed by atoms with E-state index < -0.39 is 0 Å². The second kappa shape index (κ2) is 5.32. The van der Waals surface area contributed by atoms with Crippen LogP contribution in [0, 0.1) is 5.92 Å². The zero-order valence-corrected chi connectivity index (χ0v) is 10.6. The number of benzene rings is 1. The topological polar surface area (TPSA) is 32.3 Å². The molecule has 0 radical (unpaired) electrons. The van der Waals surface area contributed by atoms with Crippen molar-refractivity contribution in [1.82, 2.24) is 10.2 Å². The van der Waals surface area contributed by atoms with E-state index in [2.05, 4.69) is 22.3 Å². The van der Waals surface area contributed by atoms with Crippen LogP contribution in [0.2, 0.25) is 0 Å². The van der Waals surface area contributed by atoms with Crippen LogP contribution in [0.25, 0.3) is 0 Å². The van der Waals surface area contributed by atoms with Crippen molar-refractivity contribution in [1.29, 1.82) is 0 Å². The Kier molecular flexibility index (Phi) is 3.79. The molecular weight excluding hydrogens is 212 g/mol. The lowest BCUT2D eigenvalue weighted by atomic mass is 10.1. The van der Waals surface area contributed by atoms with Crippen LogP contribution in [0.5, 0.6) is 0 Å². The minimum atomic E-state index is 0.134. The molecule has 1 aliphatic rings. The average molecular weight is 232 g/mol. The van der Waals surface area contributed by atoms with Crippen molar-refractivity contribution in [3.05, 3.63) is 35.4 Å². The molecule has 0 spiro atoms. The maximum atomic E-state index is 12.0. The highest BCUT2D eigenvalue weighted by Gasteiger charge is 2.26. The second-order valence-electron chi connectivity index (χ2n) is 4.97. The SMILES string of the molecule is CN(C)CCNC(=O)C1Cc2ccccc2C1. The fraction of sp³-hybridized carbons (Fsp3) is 0.500. The largest absolute Gasteiger partial charge is 0.355 e. The fourth-order valence-electron chi connectivity index (χ4n) is 2.29. The van der Waals surface area contributed by atoms with Gasteiger partial charge in [0.25, 0.3) is 0 Å². The number of hydrogen-bond acceptors (Lipinski definition) is 2. The predicted molar refractivity (Wildman–Crippen MR) is 68.9 cm³/mol. The van der Waals surface area contributed by atoms with Gasteiger partial charge in [-0.05, 0) is 38.1 Å². The van der Waals surface area contributed by atoms with Gasteiger partial charge < -0.3 is 10.2 Å². The van der Waals surface area contributed by atoms with E-state index >= 15 is 0 Å². The molecule has 0 unspecified atom stereocenters. The van der Waals surface area contributed by atoms with Crippen LogP contribution in [0.15, 0.2) is 24.3 Å². The Morgan fingerprint density at radius 1 is 1.29 bits per heavy atom. The molecule has 1 aliphatic carbocycles. The first-order valence-electron chi connectivity index (χ1n) is 6.16. The molecule has 0 fully saturated rings. The van der Waals surface area contributed by atoms with Gasteiger partial charge in [-0.3, -0.25) is 4.79 Å². The molecule has 2 rings (SSSR count). The molecular formula is C14H20N2O. The third-order valence-electron chi connectivity index (χ3n) is 3.28. The van der Waals surface area contributed by atoms with Crippen LogP contribution in [0.4, 0.5) is 0 Å². The van der Waals surface area contributed by atoms with Gasteiger partial charge in [0.2, 0.25) is 5.91 Å². The van der Waals surface area contributed by atoms with Crippen LogP contribution in [0.3, 0.4) is 0 Å². The normalized spacial score (nSPS) is 15.0. The van der Waals surface area contributed by atoms with Gasteiger partial charge in [-0.2, -0.15) is 0 Å². The molecule has 3 nitrogen and oxygen atoms in total. The predicted octanol–water partition coefficient (Wildman–Crippen LogP) is 1.08. The summed E-state index contributed by atoms with van der Waals surface area (Å²) < 4.78 is 0.